The monoisotopic (exact) mass is 166 g/mol. The van der Waals surface area contributed by atoms with Gasteiger partial charge in [0.05, 0.1) is 6.07 Å². The number of nitrogens with one attached hydrogen (secondary N) is 1. The lowest BCUT2D eigenvalue weighted by atomic mass is 10.1. The SMILES string of the molecule is CCC1CCC(NCCC#N)C1. The van der Waals surface area contributed by atoms with Crippen LogP contribution in [0.15, 0.2) is 0 Å². The molecule has 2 heteroatoms. The molecule has 1 saturated carbocycles. The minimum absolute atomic E-state index is 0.646. The van der Waals surface area contributed by atoms with Crippen molar-refractivity contribution in [2.24, 2.45) is 5.92 Å². The lowest BCUT2D eigenvalue weighted by Gasteiger charge is -2.10. The van der Waals surface area contributed by atoms with E-state index in [1.807, 2.05) is 0 Å². The van der Waals surface area contributed by atoms with Crippen molar-refractivity contribution in [3.63, 3.8) is 0 Å². The molecule has 1 aliphatic carbocycles. The van der Waals surface area contributed by atoms with Crippen molar-refractivity contribution in [2.45, 2.75) is 45.1 Å². The van der Waals surface area contributed by atoms with Crippen molar-refractivity contribution in [3.8, 4) is 6.07 Å². The molecule has 1 aliphatic rings. The smallest absolute Gasteiger partial charge is 0.0635 e. The summed E-state index contributed by atoms with van der Waals surface area (Å²) in [5, 5.41) is 11.8. The summed E-state index contributed by atoms with van der Waals surface area (Å²) in [7, 11) is 0. The lowest BCUT2D eigenvalue weighted by molar-refractivity contribution is 0.481. The topological polar surface area (TPSA) is 35.8 Å². The van der Waals surface area contributed by atoms with E-state index >= 15 is 0 Å². The second-order valence-corrected chi connectivity index (χ2v) is 3.65. The van der Waals surface area contributed by atoms with E-state index < -0.39 is 0 Å². The normalized spacial score (nSPS) is 28.7. The minimum atomic E-state index is 0.646. The van der Waals surface area contributed by atoms with Crippen LogP contribution in [0.1, 0.15) is 39.0 Å². The largest absolute Gasteiger partial charge is 0.313 e. The van der Waals surface area contributed by atoms with Crippen LogP contribution >= 0.6 is 0 Å². The first kappa shape index (κ1) is 9.54. The van der Waals surface area contributed by atoms with Gasteiger partial charge in [0, 0.05) is 19.0 Å². The van der Waals surface area contributed by atoms with Gasteiger partial charge in [-0.25, -0.2) is 0 Å². The zero-order valence-corrected chi connectivity index (χ0v) is 7.84. The fourth-order valence-corrected chi connectivity index (χ4v) is 1.96. The maximum atomic E-state index is 8.35. The second kappa shape index (κ2) is 5.16. The van der Waals surface area contributed by atoms with E-state index in [1.165, 1.54) is 25.7 Å². The third-order valence-corrected chi connectivity index (χ3v) is 2.79. The standard InChI is InChI=1S/C10H18N2/c1-2-9-4-5-10(8-9)12-7-3-6-11/h9-10,12H,2-5,7-8H2,1H3. The number of hydrogen-bond acceptors (Lipinski definition) is 2. The molecule has 0 saturated heterocycles. The van der Waals surface area contributed by atoms with Crippen LogP contribution in [0.5, 0.6) is 0 Å². The molecule has 12 heavy (non-hydrogen) atoms. The summed E-state index contributed by atoms with van der Waals surface area (Å²) in [5.74, 6) is 0.935. The molecule has 0 bridgehead atoms. The van der Waals surface area contributed by atoms with Crippen LogP contribution in [0, 0.1) is 17.2 Å². The molecule has 1 N–H and O–H groups in total. The summed E-state index contributed by atoms with van der Waals surface area (Å²) < 4.78 is 0. The zero-order chi connectivity index (χ0) is 8.81. The van der Waals surface area contributed by atoms with Crippen molar-refractivity contribution in [2.75, 3.05) is 6.54 Å². The van der Waals surface area contributed by atoms with E-state index in [0.717, 1.165) is 12.5 Å². The van der Waals surface area contributed by atoms with Crippen LogP contribution in [-0.2, 0) is 0 Å². The number of rotatable bonds is 4. The van der Waals surface area contributed by atoms with Gasteiger partial charge in [-0.1, -0.05) is 13.3 Å². The predicted octanol–water partition coefficient (Wildman–Crippen LogP) is 2.07. The fraction of sp³-hybridized carbons (Fsp3) is 0.900. The van der Waals surface area contributed by atoms with Gasteiger partial charge in [0.1, 0.15) is 0 Å². The highest BCUT2D eigenvalue weighted by molar-refractivity contribution is 4.81. The van der Waals surface area contributed by atoms with E-state index in [-0.39, 0.29) is 0 Å². The Kier molecular flexibility index (Phi) is 4.10. The molecule has 0 aromatic carbocycles. The summed E-state index contributed by atoms with van der Waals surface area (Å²) in [6.45, 7) is 3.14. The molecule has 2 atom stereocenters. The van der Waals surface area contributed by atoms with Crippen molar-refractivity contribution >= 4 is 0 Å². The molecule has 1 fully saturated rings. The van der Waals surface area contributed by atoms with Gasteiger partial charge in [-0.3, -0.25) is 0 Å². The van der Waals surface area contributed by atoms with Gasteiger partial charge >= 0.3 is 0 Å². The van der Waals surface area contributed by atoms with E-state index in [0.29, 0.717) is 12.5 Å². The molecule has 2 unspecified atom stereocenters. The van der Waals surface area contributed by atoms with Gasteiger partial charge in [0.15, 0.2) is 0 Å². The van der Waals surface area contributed by atoms with Crippen LogP contribution in [0.25, 0.3) is 0 Å². The highest BCUT2D eigenvalue weighted by Gasteiger charge is 2.22. The lowest BCUT2D eigenvalue weighted by Crippen LogP contribution is -2.27. The molecule has 0 amide bonds. The summed E-state index contributed by atoms with van der Waals surface area (Å²) in [6, 6.07) is 2.85. The molecule has 0 heterocycles. The van der Waals surface area contributed by atoms with E-state index in [1.54, 1.807) is 0 Å². The maximum Gasteiger partial charge on any atom is 0.0635 e. The molecule has 2 nitrogen and oxygen atoms in total. The molecular formula is C10H18N2. The van der Waals surface area contributed by atoms with E-state index in [4.69, 9.17) is 5.26 Å². The molecule has 0 aromatic heterocycles. The van der Waals surface area contributed by atoms with Crippen LogP contribution < -0.4 is 5.32 Å². The second-order valence-electron chi connectivity index (χ2n) is 3.65. The molecule has 0 spiro atoms. The summed E-state index contributed by atoms with van der Waals surface area (Å²) in [5.41, 5.74) is 0. The highest BCUT2D eigenvalue weighted by atomic mass is 14.9. The molecule has 0 radical (unpaired) electrons. The van der Waals surface area contributed by atoms with Crippen molar-refractivity contribution in [1.82, 2.24) is 5.32 Å². The van der Waals surface area contributed by atoms with Crippen molar-refractivity contribution in [1.29, 1.82) is 5.26 Å². The first-order valence-electron chi connectivity index (χ1n) is 4.97. The molecule has 0 aromatic rings. The first-order valence-corrected chi connectivity index (χ1v) is 4.97. The maximum absolute atomic E-state index is 8.35. The summed E-state index contributed by atoms with van der Waals surface area (Å²) >= 11 is 0. The van der Waals surface area contributed by atoms with Crippen LogP contribution in [0.2, 0.25) is 0 Å². The van der Waals surface area contributed by atoms with E-state index in [9.17, 15) is 0 Å². The van der Waals surface area contributed by atoms with Crippen molar-refractivity contribution < 1.29 is 0 Å². The van der Waals surface area contributed by atoms with Crippen LogP contribution in [-0.4, -0.2) is 12.6 Å². The van der Waals surface area contributed by atoms with Gasteiger partial charge in [-0.05, 0) is 25.2 Å². The Balaban J connectivity index is 2.07. The number of nitriles is 1. The van der Waals surface area contributed by atoms with Crippen LogP contribution in [0.3, 0.4) is 0 Å². The Morgan fingerprint density at radius 1 is 1.50 bits per heavy atom. The van der Waals surface area contributed by atoms with Crippen molar-refractivity contribution in [3.05, 3.63) is 0 Å². The average Bonchev–Trinajstić information content (AvgIpc) is 2.53. The third kappa shape index (κ3) is 2.83. The Labute approximate surface area is 75.0 Å². The predicted molar refractivity (Wildman–Crippen MR) is 49.7 cm³/mol. The molecule has 68 valence electrons. The van der Waals surface area contributed by atoms with E-state index in [2.05, 4.69) is 18.3 Å². The van der Waals surface area contributed by atoms with Crippen LogP contribution in [0.4, 0.5) is 0 Å². The quantitative estimate of drug-likeness (QED) is 0.649. The minimum Gasteiger partial charge on any atom is -0.313 e. The van der Waals surface area contributed by atoms with Gasteiger partial charge in [-0.15, -0.1) is 0 Å². The molecule has 0 aliphatic heterocycles. The number of nitrogens with zero attached hydrogens (tertiary/aromatic N) is 1. The Bertz CT molecular complexity index is 160. The average molecular weight is 166 g/mol. The third-order valence-electron chi connectivity index (χ3n) is 2.79. The summed E-state index contributed by atoms with van der Waals surface area (Å²) in [4.78, 5) is 0. The molecular weight excluding hydrogens is 148 g/mol. The number of hydrogen-bond donors (Lipinski definition) is 1. The first-order chi connectivity index (χ1) is 5.86. The zero-order valence-electron chi connectivity index (χ0n) is 7.84. The molecule has 1 rings (SSSR count). The summed E-state index contributed by atoms with van der Waals surface area (Å²) in [6.07, 6.45) is 5.97. The van der Waals surface area contributed by atoms with Gasteiger partial charge in [0.2, 0.25) is 0 Å². The Hall–Kier alpha value is -0.550. The van der Waals surface area contributed by atoms with Gasteiger partial charge in [0.25, 0.3) is 0 Å². The fourth-order valence-electron chi connectivity index (χ4n) is 1.96. The Morgan fingerprint density at radius 3 is 2.92 bits per heavy atom. The van der Waals surface area contributed by atoms with Gasteiger partial charge < -0.3 is 5.32 Å². The van der Waals surface area contributed by atoms with Gasteiger partial charge in [-0.2, -0.15) is 5.26 Å². The Morgan fingerprint density at radius 2 is 2.33 bits per heavy atom. The highest BCUT2D eigenvalue weighted by Crippen LogP contribution is 2.27.